The largest absolute Gasteiger partial charge is 0.493 e. The summed E-state index contributed by atoms with van der Waals surface area (Å²) in [7, 11) is 1.61. The second-order valence-corrected chi connectivity index (χ2v) is 6.41. The number of anilines is 1. The standard InChI is InChI=1S/C21H26N2O3/c1-6-26-18-10-8-7-9-17(18)21(25)23(5)13-19(24)22-20-15(3)11-14(2)12-16(20)4/h7-12H,6,13H2,1-5H3,(H,22,24). The topological polar surface area (TPSA) is 58.6 Å². The third-order valence-electron chi connectivity index (χ3n) is 4.09. The number of rotatable bonds is 6. The van der Waals surface area contributed by atoms with Crippen molar-refractivity contribution in [3.8, 4) is 5.75 Å². The average Bonchev–Trinajstić information content (AvgIpc) is 2.58. The molecule has 5 heteroatoms. The number of carbonyl (C=O) groups is 2. The zero-order valence-electron chi connectivity index (χ0n) is 16.1. The molecule has 2 rings (SSSR count). The normalized spacial score (nSPS) is 10.3. The maximum absolute atomic E-state index is 12.7. The minimum atomic E-state index is -0.249. The van der Waals surface area contributed by atoms with Crippen LogP contribution in [0.4, 0.5) is 5.69 Å². The molecule has 0 atom stereocenters. The van der Waals surface area contributed by atoms with Crippen LogP contribution in [0.1, 0.15) is 34.0 Å². The summed E-state index contributed by atoms with van der Waals surface area (Å²) in [4.78, 5) is 26.5. The zero-order valence-corrected chi connectivity index (χ0v) is 16.1. The number of hydrogen-bond acceptors (Lipinski definition) is 3. The van der Waals surface area contributed by atoms with Crippen LogP contribution in [-0.4, -0.2) is 36.9 Å². The lowest BCUT2D eigenvalue weighted by atomic mass is 10.1. The van der Waals surface area contributed by atoms with Crippen molar-refractivity contribution in [2.75, 3.05) is 25.5 Å². The van der Waals surface area contributed by atoms with Gasteiger partial charge in [-0.2, -0.15) is 0 Å². The molecule has 0 bridgehead atoms. The minimum Gasteiger partial charge on any atom is -0.493 e. The minimum absolute atomic E-state index is 0.0357. The van der Waals surface area contributed by atoms with Crippen molar-refractivity contribution in [3.05, 3.63) is 58.7 Å². The maximum Gasteiger partial charge on any atom is 0.257 e. The van der Waals surface area contributed by atoms with Crippen LogP contribution >= 0.6 is 0 Å². The number of carbonyl (C=O) groups excluding carboxylic acids is 2. The lowest BCUT2D eigenvalue weighted by Crippen LogP contribution is -2.35. The predicted octanol–water partition coefficient (Wildman–Crippen LogP) is 3.72. The van der Waals surface area contributed by atoms with E-state index >= 15 is 0 Å². The highest BCUT2D eigenvalue weighted by Crippen LogP contribution is 2.22. The second-order valence-electron chi connectivity index (χ2n) is 6.41. The van der Waals surface area contributed by atoms with Crippen molar-refractivity contribution in [1.29, 1.82) is 0 Å². The van der Waals surface area contributed by atoms with E-state index < -0.39 is 0 Å². The van der Waals surface area contributed by atoms with Crippen molar-refractivity contribution >= 4 is 17.5 Å². The molecule has 2 aromatic carbocycles. The van der Waals surface area contributed by atoms with E-state index in [-0.39, 0.29) is 18.4 Å². The highest BCUT2D eigenvalue weighted by molar-refractivity contribution is 6.01. The van der Waals surface area contributed by atoms with Gasteiger partial charge in [-0.05, 0) is 51.0 Å². The summed E-state index contributed by atoms with van der Waals surface area (Å²) in [6.45, 7) is 8.25. The van der Waals surface area contributed by atoms with Crippen molar-refractivity contribution < 1.29 is 14.3 Å². The van der Waals surface area contributed by atoms with Crippen molar-refractivity contribution in [2.24, 2.45) is 0 Å². The van der Waals surface area contributed by atoms with Gasteiger partial charge in [0.25, 0.3) is 5.91 Å². The Bertz CT molecular complexity index is 792. The number of ether oxygens (including phenoxy) is 1. The molecule has 0 aliphatic heterocycles. The first-order valence-electron chi connectivity index (χ1n) is 8.68. The predicted molar refractivity (Wildman–Crippen MR) is 104 cm³/mol. The van der Waals surface area contributed by atoms with E-state index in [2.05, 4.69) is 5.32 Å². The highest BCUT2D eigenvalue weighted by atomic mass is 16.5. The van der Waals surface area contributed by atoms with E-state index in [0.29, 0.717) is 17.9 Å². The van der Waals surface area contributed by atoms with Crippen LogP contribution in [0.2, 0.25) is 0 Å². The van der Waals surface area contributed by atoms with Gasteiger partial charge in [-0.15, -0.1) is 0 Å². The monoisotopic (exact) mass is 354 g/mol. The van der Waals surface area contributed by atoms with Gasteiger partial charge in [0.15, 0.2) is 0 Å². The van der Waals surface area contributed by atoms with E-state index in [1.807, 2.05) is 45.9 Å². The Kier molecular flexibility index (Phi) is 6.39. The van der Waals surface area contributed by atoms with E-state index in [0.717, 1.165) is 22.4 Å². The molecule has 0 spiro atoms. The SMILES string of the molecule is CCOc1ccccc1C(=O)N(C)CC(=O)Nc1c(C)cc(C)cc1C. The molecule has 0 heterocycles. The Hall–Kier alpha value is -2.82. The molecule has 0 aromatic heterocycles. The molecule has 26 heavy (non-hydrogen) atoms. The van der Waals surface area contributed by atoms with Crippen LogP contribution in [0.3, 0.4) is 0 Å². The first kappa shape index (κ1) is 19.5. The van der Waals surface area contributed by atoms with Gasteiger partial charge >= 0.3 is 0 Å². The first-order valence-corrected chi connectivity index (χ1v) is 8.68. The number of para-hydroxylation sites is 1. The summed E-state index contributed by atoms with van der Waals surface area (Å²) in [5.41, 5.74) is 4.42. The molecule has 0 radical (unpaired) electrons. The molecule has 0 saturated heterocycles. The number of nitrogens with zero attached hydrogens (tertiary/aromatic N) is 1. The fraction of sp³-hybridized carbons (Fsp3) is 0.333. The summed E-state index contributed by atoms with van der Waals surface area (Å²) >= 11 is 0. The average molecular weight is 354 g/mol. The first-order chi connectivity index (χ1) is 12.3. The van der Waals surface area contributed by atoms with Crippen LogP contribution in [0.5, 0.6) is 5.75 Å². The van der Waals surface area contributed by atoms with Gasteiger partial charge in [-0.3, -0.25) is 9.59 Å². The summed E-state index contributed by atoms with van der Waals surface area (Å²) in [6, 6.07) is 11.1. The number of benzene rings is 2. The number of amides is 2. The molecule has 0 saturated carbocycles. The Balaban J connectivity index is 2.09. The van der Waals surface area contributed by atoms with Gasteiger partial charge in [0.2, 0.25) is 5.91 Å². The van der Waals surface area contributed by atoms with Gasteiger partial charge in [0, 0.05) is 12.7 Å². The Morgan fingerprint density at radius 3 is 2.31 bits per heavy atom. The molecule has 5 nitrogen and oxygen atoms in total. The fourth-order valence-electron chi connectivity index (χ4n) is 2.97. The zero-order chi connectivity index (χ0) is 19.3. The van der Waals surface area contributed by atoms with Gasteiger partial charge in [0.05, 0.1) is 18.7 Å². The summed E-state index contributed by atoms with van der Waals surface area (Å²) in [5.74, 6) is 0.0452. The summed E-state index contributed by atoms with van der Waals surface area (Å²) in [6.07, 6.45) is 0. The summed E-state index contributed by atoms with van der Waals surface area (Å²) in [5, 5.41) is 2.92. The van der Waals surface area contributed by atoms with E-state index in [1.165, 1.54) is 4.90 Å². The van der Waals surface area contributed by atoms with Crippen molar-refractivity contribution in [1.82, 2.24) is 4.90 Å². The maximum atomic E-state index is 12.7. The molecule has 138 valence electrons. The molecular formula is C21H26N2O3. The molecule has 1 N–H and O–H groups in total. The second kappa shape index (κ2) is 8.52. The van der Waals surface area contributed by atoms with Crippen molar-refractivity contribution in [2.45, 2.75) is 27.7 Å². The smallest absolute Gasteiger partial charge is 0.257 e. The van der Waals surface area contributed by atoms with E-state index in [1.54, 1.807) is 25.2 Å². The van der Waals surface area contributed by atoms with Crippen LogP contribution in [0.25, 0.3) is 0 Å². The lowest BCUT2D eigenvalue weighted by Gasteiger charge is -2.19. The quantitative estimate of drug-likeness (QED) is 0.860. The molecule has 2 amide bonds. The van der Waals surface area contributed by atoms with Gasteiger partial charge in [-0.1, -0.05) is 29.8 Å². The van der Waals surface area contributed by atoms with Crippen LogP contribution in [0.15, 0.2) is 36.4 Å². The molecule has 0 fully saturated rings. The van der Waals surface area contributed by atoms with Gasteiger partial charge < -0.3 is 15.0 Å². The highest BCUT2D eigenvalue weighted by Gasteiger charge is 2.19. The fourth-order valence-corrected chi connectivity index (χ4v) is 2.97. The van der Waals surface area contributed by atoms with Gasteiger partial charge in [0.1, 0.15) is 5.75 Å². The van der Waals surface area contributed by atoms with Crippen LogP contribution < -0.4 is 10.1 Å². The number of aryl methyl sites for hydroxylation is 3. The molecule has 2 aromatic rings. The van der Waals surface area contributed by atoms with E-state index in [4.69, 9.17) is 4.74 Å². The number of nitrogens with one attached hydrogen (secondary N) is 1. The van der Waals surface area contributed by atoms with Crippen LogP contribution in [-0.2, 0) is 4.79 Å². The number of hydrogen-bond donors (Lipinski definition) is 1. The van der Waals surface area contributed by atoms with Crippen molar-refractivity contribution in [3.63, 3.8) is 0 Å². The summed E-state index contributed by atoms with van der Waals surface area (Å²) < 4.78 is 5.50. The lowest BCUT2D eigenvalue weighted by molar-refractivity contribution is -0.116. The molecule has 0 aliphatic rings. The Morgan fingerprint density at radius 2 is 1.69 bits per heavy atom. The molecule has 0 aliphatic carbocycles. The Morgan fingerprint density at radius 1 is 1.08 bits per heavy atom. The molecular weight excluding hydrogens is 328 g/mol. The Labute approximate surface area is 155 Å². The van der Waals surface area contributed by atoms with Gasteiger partial charge in [-0.25, -0.2) is 0 Å². The third-order valence-corrected chi connectivity index (χ3v) is 4.09. The molecule has 0 unspecified atom stereocenters. The third kappa shape index (κ3) is 4.63. The number of likely N-dealkylation sites (N-methyl/N-ethyl adjacent to an activating group) is 1. The van der Waals surface area contributed by atoms with E-state index in [9.17, 15) is 9.59 Å². The van der Waals surface area contributed by atoms with Crippen LogP contribution in [0, 0.1) is 20.8 Å².